The van der Waals surface area contributed by atoms with Gasteiger partial charge in [0.25, 0.3) is 0 Å². The molecule has 17 heavy (non-hydrogen) atoms. The van der Waals surface area contributed by atoms with Crippen LogP contribution < -0.4 is 5.32 Å². The molecular weight excluding hydrogens is 248 g/mol. The van der Waals surface area contributed by atoms with Crippen molar-refractivity contribution in [3.05, 3.63) is 0 Å². The average molecular weight is 265 g/mol. The first-order valence-corrected chi connectivity index (χ1v) is 6.46. The number of nitrogens with zero attached hydrogens (tertiary/aromatic N) is 4. The van der Waals surface area contributed by atoms with E-state index in [0.29, 0.717) is 17.6 Å². The number of halogens is 2. The summed E-state index contributed by atoms with van der Waals surface area (Å²) in [5.41, 5.74) is 0. The highest BCUT2D eigenvalue weighted by Gasteiger charge is 2.10. The number of rotatable bonds is 8. The van der Waals surface area contributed by atoms with Crippen LogP contribution in [0.4, 0.5) is 8.78 Å². The van der Waals surface area contributed by atoms with Gasteiger partial charge in [0.05, 0.1) is 12.3 Å². The monoisotopic (exact) mass is 265 g/mol. The van der Waals surface area contributed by atoms with Crippen LogP contribution in [0.3, 0.4) is 0 Å². The van der Waals surface area contributed by atoms with Gasteiger partial charge in [-0.05, 0) is 22.9 Å². The summed E-state index contributed by atoms with van der Waals surface area (Å²) in [4.78, 5) is 0. The maximum atomic E-state index is 12.0. The fourth-order valence-electron chi connectivity index (χ4n) is 1.15. The van der Waals surface area contributed by atoms with Gasteiger partial charge < -0.3 is 5.32 Å². The van der Waals surface area contributed by atoms with E-state index in [1.54, 1.807) is 4.68 Å². The molecule has 8 heteroatoms. The van der Waals surface area contributed by atoms with Crippen LogP contribution in [0.1, 0.15) is 13.8 Å². The maximum Gasteiger partial charge on any atom is 0.248 e. The van der Waals surface area contributed by atoms with Crippen LogP contribution >= 0.6 is 11.8 Å². The van der Waals surface area contributed by atoms with Gasteiger partial charge in [-0.15, -0.1) is 5.10 Å². The molecule has 0 bridgehead atoms. The molecule has 0 fully saturated rings. The number of alkyl halides is 2. The Morgan fingerprint density at radius 1 is 1.41 bits per heavy atom. The van der Waals surface area contributed by atoms with E-state index in [4.69, 9.17) is 0 Å². The number of aromatic nitrogens is 4. The molecule has 0 aliphatic heterocycles. The molecule has 1 N–H and O–H groups in total. The molecule has 98 valence electrons. The summed E-state index contributed by atoms with van der Waals surface area (Å²) in [5.74, 6) is 0.302. The number of nitrogens with one attached hydrogen (secondary N) is 1. The van der Waals surface area contributed by atoms with Crippen molar-refractivity contribution >= 4 is 11.8 Å². The highest BCUT2D eigenvalue weighted by Crippen LogP contribution is 2.16. The Hall–Kier alpha value is -0.760. The molecule has 0 saturated carbocycles. The van der Waals surface area contributed by atoms with E-state index in [-0.39, 0.29) is 5.75 Å². The molecule has 0 aromatic carbocycles. The summed E-state index contributed by atoms with van der Waals surface area (Å²) in [5, 5.41) is 14.6. The fraction of sp³-hybridized carbons (Fsp3) is 0.889. The van der Waals surface area contributed by atoms with Gasteiger partial charge in [-0.2, -0.15) is 0 Å². The fourth-order valence-corrected chi connectivity index (χ4v) is 1.80. The van der Waals surface area contributed by atoms with E-state index >= 15 is 0 Å². The number of thioether (sulfide) groups is 1. The van der Waals surface area contributed by atoms with Crippen molar-refractivity contribution in [2.75, 3.05) is 18.8 Å². The first kappa shape index (κ1) is 14.3. The smallest absolute Gasteiger partial charge is 0.248 e. The highest BCUT2D eigenvalue weighted by molar-refractivity contribution is 7.99. The summed E-state index contributed by atoms with van der Waals surface area (Å²) in [6.45, 7) is 6.47. The van der Waals surface area contributed by atoms with Gasteiger partial charge in [0, 0.05) is 6.54 Å². The Balaban J connectivity index is 2.30. The lowest BCUT2D eigenvalue weighted by Gasteiger charge is -2.07. The molecule has 0 atom stereocenters. The summed E-state index contributed by atoms with van der Waals surface area (Å²) >= 11 is 0.975. The zero-order valence-corrected chi connectivity index (χ0v) is 10.8. The number of hydrogen-bond donors (Lipinski definition) is 1. The summed E-state index contributed by atoms with van der Waals surface area (Å²) in [6, 6.07) is 0. The topological polar surface area (TPSA) is 55.6 Å². The molecule has 0 unspecified atom stereocenters. The highest BCUT2D eigenvalue weighted by atomic mass is 32.2. The molecule has 0 saturated heterocycles. The van der Waals surface area contributed by atoms with E-state index in [1.807, 2.05) is 0 Å². The Morgan fingerprint density at radius 3 is 2.82 bits per heavy atom. The van der Waals surface area contributed by atoms with Gasteiger partial charge in [0.2, 0.25) is 11.6 Å². The molecule has 0 aliphatic rings. The maximum absolute atomic E-state index is 12.0. The molecule has 0 amide bonds. The lowest BCUT2D eigenvalue weighted by molar-refractivity contribution is 0.176. The zero-order chi connectivity index (χ0) is 12.7. The van der Waals surface area contributed by atoms with Crippen molar-refractivity contribution in [2.45, 2.75) is 32.0 Å². The Bertz CT molecular complexity index is 318. The van der Waals surface area contributed by atoms with Gasteiger partial charge in [-0.25, -0.2) is 13.5 Å². The van der Waals surface area contributed by atoms with Crippen LogP contribution in [0.25, 0.3) is 0 Å². The predicted molar refractivity (Wildman–Crippen MR) is 62.3 cm³/mol. The predicted octanol–water partition coefficient (Wildman–Crippen LogP) is 1.28. The van der Waals surface area contributed by atoms with Gasteiger partial charge in [-0.1, -0.05) is 25.6 Å². The van der Waals surface area contributed by atoms with Crippen molar-refractivity contribution < 1.29 is 8.78 Å². The molecule has 1 heterocycles. The van der Waals surface area contributed by atoms with Crippen LogP contribution in [0.5, 0.6) is 0 Å². The SMILES string of the molecule is CC(C)CNCCn1nnnc1SCC(F)F. The lowest BCUT2D eigenvalue weighted by atomic mass is 10.2. The van der Waals surface area contributed by atoms with Gasteiger partial charge in [-0.3, -0.25) is 0 Å². The second-order valence-corrected chi connectivity index (χ2v) is 4.97. The summed E-state index contributed by atoms with van der Waals surface area (Å²) in [7, 11) is 0. The van der Waals surface area contributed by atoms with Crippen molar-refractivity contribution in [1.82, 2.24) is 25.5 Å². The van der Waals surface area contributed by atoms with Crippen LogP contribution in [0.15, 0.2) is 5.16 Å². The van der Waals surface area contributed by atoms with Gasteiger partial charge in [0.15, 0.2) is 0 Å². The minimum Gasteiger partial charge on any atom is -0.315 e. The summed E-state index contributed by atoms with van der Waals surface area (Å²) < 4.78 is 25.6. The molecule has 0 spiro atoms. The second-order valence-electron chi connectivity index (χ2n) is 3.98. The Morgan fingerprint density at radius 2 is 2.18 bits per heavy atom. The third-order valence-corrected chi connectivity index (χ3v) is 2.86. The van der Waals surface area contributed by atoms with Gasteiger partial charge in [0.1, 0.15) is 0 Å². The van der Waals surface area contributed by atoms with Crippen molar-refractivity contribution in [3.8, 4) is 0 Å². The molecule has 5 nitrogen and oxygen atoms in total. The van der Waals surface area contributed by atoms with Crippen LogP contribution in [0.2, 0.25) is 0 Å². The lowest BCUT2D eigenvalue weighted by Crippen LogP contribution is -2.24. The first-order chi connectivity index (χ1) is 8.09. The third-order valence-electron chi connectivity index (χ3n) is 1.89. The Kier molecular flexibility index (Phi) is 6.35. The minimum atomic E-state index is -2.34. The van der Waals surface area contributed by atoms with Crippen LogP contribution in [0, 0.1) is 5.92 Å². The molecule has 0 radical (unpaired) electrons. The summed E-state index contributed by atoms with van der Waals surface area (Å²) in [6.07, 6.45) is -2.34. The molecule has 0 aliphatic carbocycles. The number of tetrazole rings is 1. The zero-order valence-electron chi connectivity index (χ0n) is 9.94. The standard InChI is InChI=1S/C9H17F2N5S/c1-7(2)5-12-3-4-16-9(13-14-15-16)17-6-8(10)11/h7-8,12H,3-6H2,1-2H3. The molecule has 1 rings (SSSR count). The molecule has 1 aromatic rings. The van der Waals surface area contributed by atoms with Crippen LogP contribution in [-0.2, 0) is 6.54 Å². The van der Waals surface area contributed by atoms with E-state index in [0.717, 1.165) is 24.9 Å². The van der Waals surface area contributed by atoms with E-state index in [9.17, 15) is 8.78 Å². The molecule has 1 aromatic heterocycles. The second kappa shape index (κ2) is 7.54. The van der Waals surface area contributed by atoms with Crippen molar-refractivity contribution in [3.63, 3.8) is 0 Å². The quantitative estimate of drug-likeness (QED) is 0.567. The van der Waals surface area contributed by atoms with E-state index in [1.165, 1.54) is 0 Å². The number of hydrogen-bond acceptors (Lipinski definition) is 5. The first-order valence-electron chi connectivity index (χ1n) is 5.47. The normalized spacial score (nSPS) is 11.6. The minimum absolute atomic E-state index is 0.278. The molecular formula is C9H17F2N5S. The van der Waals surface area contributed by atoms with Crippen molar-refractivity contribution in [2.24, 2.45) is 5.92 Å². The Labute approximate surface area is 103 Å². The van der Waals surface area contributed by atoms with Crippen LogP contribution in [-0.4, -0.2) is 45.5 Å². The van der Waals surface area contributed by atoms with E-state index in [2.05, 4.69) is 34.7 Å². The largest absolute Gasteiger partial charge is 0.315 e. The van der Waals surface area contributed by atoms with Gasteiger partial charge >= 0.3 is 0 Å². The third kappa shape index (κ3) is 5.92. The average Bonchev–Trinajstić information content (AvgIpc) is 2.68. The van der Waals surface area contributed by atoms with Crippen molar-refractivity contribution in [1.29, 1.82) is 0 Å². The van der Waals surface area contributed by atoms with E-state index < -0.39 is 6.43 Å².